The summed E-state index contributed by atoms with van der Waals surface area (Å²) in [6.07, 6.45) is 2.32. The summed E-state index contributed by atoms with van der Waals surface area (Å²) < 4.78 is 0. The summed E-state index contributed by atoms with van der Waals surface area (Å²) in [6, 6.07) is 8.58. The number of hydrogen-bond donors (Lipinski definition) is 2. The third kappa shape index (κ3) is 7.04. The molecule has 25 heavy (non-hydrogen) atoms. The second-order valence-electron chi connectivity index (χ2n) is 6.74. The topological polar surface area (TPSA) is 42.9 Å². The van der Waals surface area contributed by atoms with Crippen LogP contribution in [-0.4, -0.2) is 68.6 Å². The second kappa shape index (κ2) is 11.1. The minimum Gasteiger partial charge on any atom is -0.357 e. The molecule has 1 saturated heterocycles. The summed E-state index contributed by atoms with van der Waals surface area (Å²) in [7, 11) is 2.21. The quantitative estimate of drug-likeness (QED) is 0.585. The van der Waals surface area contributed by atoms with Crippen LogP contribution in [0.2, 0.25) is 0 Å². The van der Waals surface area contributed by atoms with Crippen LogP contribution in [0.4, 0.5) is 0 Å². The van der Waals surface area contributed by atoms with Gasteiger partial charge in [0, 0.05) is 32.7 Å². The Hall–Kier alpha value is -1.59. The van der Waals surface area contributed by atoms with E-state index in [2.05, 4.69) is 65.6 Å². The molecule has 0 bridgehead atoms. The van der Waals surface area contributed by atoms with E-state index in [9.17, 15) is 0 Å². The highest BCUT2D eigenvalue weighted by atomic mass is 15.2. The number of aryl methyl sites for hydroxylation is 1. The highest BCUT2D eigenvalue weighted by Gasteiger charge is 2.11. The molecule has 140 valence electrons. The molecule has 1 fully saturated rings. The predicted molar refractivity (Wildman–Crippen MR) is 107 cm³/mol. The maximum Gasteiger partial charge on any atom is 0.191 e. The third-order valence-electron chi connectivity index (χ3n) is 4.78. The maximum atomic E-state index is 4.77. The summed E-state index contributed by atoms with van der Waals surface area (Å²) >= 11 is 0. The number of nitrogens with zero attached hydrogens (tertiary/aromatic N) is 3. The Morgan fingerprint density at radius 3 is 2.60 bits per heavy atom. The van der Waals surface area contributed by atoms with E-state index in [0.717, 1.165) is 45.1 Å². The molecule has 2 N–H and O–H groups in total. The molecular weight excluding hydrogens is 310 g/mol. The number of rotatable bonds is 7. The zero-order valence-electron chi connectivity index (χ0n) is 16.2. The van der Waals surface area contributed by atoms with Crippen LogP contribution in [-0.2, 0) is 13.0 Å². The normalized spacial score (nSPS) is 17.3. The van der Waals surface area contributed by atoms with Crippen LogP contribution in [0.3, 0.4) is 0 Å². The van der Waals surface area contributed by atoms with Crippen LogP contribution in [0.5, 0.6) is 0 Å². The molecular formula is C20H35N5. The van der Waals surface area contributed by atoms with Crippen LogP contribution < -0.4 is 10.6 Å². The molecule has 5 nitrogen and oxygen atoms in total. The van der Waals surface area contributed by atoms with Gasteiger partial charge in [-0.15, -0.1) is 0 Å². The lowest BCUT2D eigenvalue weighted by Crippen LogP contribution is -2.42. The Morgan fingerprint density at radius 1 is 1.04 bits per heavy atom. The van der Waals surface area contributed by atoms with E-state index in [4.69, 9.17) is 4.99 Å². The minimum absolute atomic E-state index is 0.730. The molecule has 1 aromatic rings. The minimum atomic E-state index is 0.730. The number of aliphatic imine (C=N–C) groups is 1. The molecule has 1 aliphatic rings. The van der Waals surface area contributed by atoms with Gasteiger partial charge < -0.3 is 20.4 Å². The van der Waals surface area contributed by atoms with Gasteiger partial charge in [0.15, 0.2) is 5.96 Å². The number of hydrogen-bond acceptors (Lipinski definition) is 3. The highest BCUT2D eigenvalue weighted by molar-refractivity contribution is 5.79. The van der Waals surface area contributed by atoms with Crippen LogP contribution >= 0.6 is 0 Å². The van der Waals surface area contributed by atoms with Crippen molar-refractivity contribution in [2.24, 2.45) is 4.99 Å². The lowest BCUT2D eigenvalue weighted by Gasteiger charge is -2.21. The zero-order valence-corrected chi connectivity index (χ0v) is 16.2. The van der Waals surface area contributed by atoms with Gasteiger partial charge in [0.05, 0.1) is 6.54 Å². The van der Waals surface area contributed by atoms with Gasteiger partial charge in [-0.05, 0) is 51.0 Å². The first-order valence-electron chi connectivity index (χ1n) is 9.72. The number of guanidine groups is 1. The SMILES string of the molecule is CCNC(=NCc1ccccc1CC)NCCN1CCCN(C)CC1. The van der Waals surface area contributed by atoms with Gasteiger partial charge in [0.2, 0.25) is 0 Å². The molecule has 0 unspecified atom stereocenters. The van der Waals surface area contributed by atoms with Gasteiger partial charge in [0.1, 0.15) is 0 Å². The van der Waals surface area contributed by atoms with Gasteiger partial charge in [-0.1, -0.05) is 31.2 Å². The lowest BCUT2D eigenvalue weighted by molar-refractivity contribution is 0.280. The van der Waals surface area contributed by atoms with Crippen LogP contribution in [0.25, 0.3) is 0 Å². The Balaban J connectivity index is 1.83. The van der Waals surface area contributed by atoms with Crippen molar-refractivity contribution in [1.82, 2.24) is 20.4 Å². The van der Waals surface area contributed by atoms with Gasteiger partial charge in [-0.25, -0.2) is 4.99 Å². The molecule has 0 saturated carbocycles. The smallest absolute Gasteiger partial charge is 0.191 e. The predicted octanol–water partition coefficient (Wildman–Crippen LogP) is 1.94. The second-order valence-corrected chi connectivity index (χ2v) is 6.74. The first-order valence-corrected chi connectivity index (χ1v) is 9.72. The monoisotopic (exact) mass is 345 g/mol. The Kier molecular flexibility index (Phi) is 8.77. The zero-order chi connectivity index (χ0) is 17.9. The summed E-state index contributed by atoms with van der Waals surface area (Å²) in [4.78, 5) is 9.74. The summed E-state index contributed by atoms with van der Waals surface area (Å²) in [5, 5.41) is 6.85. The Morgan fingerprint density at radius 2 is 1.84 bits per heavy atom. The first kappa shape index (κ1) is 19.7. The molecule has 1 aromatic carbocycles. The van der Waals surface area contributed by atoms with E-state index < -0.39 is 0 Å². The average molecular weight is 346 g/mol. The molecule has 5 heteroatoms. The van der Waals surface area contributed by atoms with Crippen molar-refractivity contribution in [2.75, 3.05) is 52.9 Å². The highest BCUT2D eigenvalue weighted by Crippen LogP contribution is 2.10. The van der Waals surface area contributed by atoms with Crippen LogP contribution in [0.1, 0.15) is 31.4 Å². The lowest BCUT2D eigenvalue weighted by atomic mass is 10.1. The third-order valence-corrected chi connectivity index (χ3v) is 4.78. The number of likely N-dealkylation sites (N-methyl/N-ethyl adjacent to an activating group) is 1. The summed E-state index contributed by atoms with van der Waals surface area (Å²) in [6.45, 7) is 12.7. The molecule has 1 heterocycles. The largest absolute Gasteiger partial charge is 0.357 e. The van der Waals surface area contributed by atoms with Crippen LogP contribution in [0, 0.1) is 0 Å². The van der Waals surface area contributed by atoms with Crippen molar-refractivity contribution in [1.29, 1.82) is 0 Å². The van der Waals surface area contributed by atoms with Gasteiger partial charge in [-0.3, -0.25) is 0 Å². The van der Waals surface area contributed by atoms with Crippen molar-refractivity contribution in [2.45, 2.75) is 33.2 Å². The average Bonchev–Trinajstić information content (AvgIpc) is 2.84. The fourth-order valence-corrected chi connectivity index (χ4v) is 3.22. The molecule has 0 spiro atoms. The van der Waals surface area contributed by atoms with E-state index in [0.29, 0.717) is 0 Å². The molecule has 0 atom stereocenters. The summed E-state index contributed by atoms with van der Waals surface area (Å²) in [5.74, 6) is 0.917. The fourth-order valence-electron chi connectivity index (χ4n) is 3.22. The maximum absolute atomic E-state index is 4.77. The van der Waals surface area contributed by atoms with Gasteiger partial charge in [-0.2, -0.15) is 0 Å². The van der Waals surface area contributed by atoms with E-state index >= 15 is 0 Å². The summed E-state index contributed by atoms with van der Waals surface area (Å²) in [5.41, 5.74) is 2.70. The van der Waals surface area contributed by atoms with E-state index in [1.54, 1.807) is 0 Å². The first-order chi connectivity index (χ1) is 12.2. The Bertz CT molecular complexity index is 529. The van der Waals surface area contributed by atoms with Crippen LogP contribution in [0.15, 0.2) is 29.3 Å². The fraction of sp³-hybridized carbons (Fsp3) is 0.650. The Labute approximate surface area is 153 Å². The van der Waals surface area contributed by atoms with Crippen molar-refractivity contribution in [3.63, 3.8) is 0 Å². The van der Waals surface area contributed by atoms with Crippen molar-refractivity contribution in [3.8, 4) is 0 Å². The van der Waals surface area contributed by atoms with Crippen molar-refractivity contribution in [3.05, 3.63) is 35.4 Å². The van der Waals surface area contributed by atoms with Crippen molar-refractivity contribution >= 4 is 5.96 Å². The van der Waals surface area contributed by atoms with E-state index in [1.807, 2.05) is 0 Å². The number of benzene rings is 1. The van der Waals surface area contributed by atoms with E-state index in [-0.39, 0.29) is 0 Å². The molecule has 1 aliphatic heterocycles. The molecule has 0 amide bonds. The van der Waals surface area contributed by atoms with E-state index in [1.165, 1.54) is 37.2 Å². The van der Waals surface area contributed by atoms with Crippen molar-refractivity contribution < 1.29 is 0 Å². The van der Waals surface area contributed by atoms with Gasteiger partial charge >= 0.3 is 0 Å². The molecule has 0 radical (unpaired) electrons. The molecule has 0 aromatic heterocycles. The van der Waals surface area contributed by atoms with Gasteiger partial charge in [0.25, 0.3) is 0 Å². The molecule has 2 rings (SSSR count). The standard InChI is InChI=1S/C20H35N5/c1-4-18-9-6-7-10-19(18)17-23-20(21-5-2)22-11-14-25-13-8-12-24(3)15-16-25/h6-7,9-10H,4-5,8,11-17H2,1-3H3,(H2,21,22,23). The number of nitrogens with one attached hydrogen (secondary N) is 2. The molecule has 0 aliphatic carbocycles.